The summed E-state index contributed by atoms with van der Waals surface area (Å²) in [5, 5.41) is 5.00. The largest absolute Gasteiger partial charge is 0.494 e. The van der Waals surface area contributed by atoms with Crippen LogP contribution >= 0.6 is 11.6 Å². The molecule has 2 aromatic carbocycles. The molecule has 3 aromatic rings. The normalized spacial score (nSPS) is 12.9. The van der Waals surface area contributed by atoms with Gasteiger partial charge in [0.15, 0.2) is 0 Å². The molecule has 144 valence electrons. The van der Waals surface area contributed by atoms with Gasteiger partial charge in [-0.2, -0.15) is 0 Å². The smallest absolute Gasteiger partial charge is 0.333 e. The first kappa shape index (κ1) is 18.3. The van der Waals surface area contributed by atoms with Gasteiger partial charge >= 0.3 is 11.1 Å². The van der Waals surface area contributed by atoms with Crippen molar-refractivity contribution in [3.05, 3.63) is 79.8 Å². The zero-order chi connectivity index (χ0) is 19.7. The minimum atomic E-state index is -0.655. The number of hydrogen-bond donors (Lipinski definition) is 0. The minimum Gasteiger partial charge on any atom is -0.494 e. The molecule has 4 rings (SSSR count). The van der Waals surface area contributed by atoms with Crippen LogP contribution in [0, 0.1) is 0 Å². The Balaban J connectivity index is 1.73. The lowest BCUT2D eigenvalue weighted by atomic mass is 10.2. The molecule has 8 heteroatoms. The van der Waals surface area contributed by atoms with Crippen LogP contribution in [0.25, 0.3) is 0 Å². The Morgan fingerprint density at radius 1 is 1.04 bits per heavy atom. The van der Waals surface area contributed by atoms with Crippen molar-refractivity contribution >= 4 is 23.2 Å². The van der Waals surface area contributed by atoms with Crippen LogP contribution in [-0.2, 0) is 13.1 Å². The molecule has 7 nitrogen and oxygen atoms in total. The maximum atomic E-state index is 12.6. The van der Waals surface area contributed by atoms with Crippen molar-refractivity contribution in [3.63, 3.8) is 0 Å². The average molecular weight is 399 g/mol. The molecule has 0 N–H and O–H groups in total. The highest BCUT2D eigenvalue weighted by molar-refractivity contribution is 6.31. The molecular weight excluding hydrogens is 380 g/mol. The van der Waals surface area contributed by atoms with Crippen LogP contribution in [0.15, 0.2) is 58.1 Å². The van der Waals surface area contributed by atoms with Crippen molar-refractivity contribution < 1.29 is 4.74 Å². The van der Waals surface area contributed by atoms with Crippen molar-refractivity contribution in [2.45, 2.75) is 20.0 Å². The third kappa shape index (κ3) is 3.29. The lowest BCUT2D eigenvalue weighted by Crippen LogP contribution is -2.42. The molecule has 0 unspecified atom stereocenters. The molecule has 0 bridgehead atoms. The molecule has 0 saturated carbocycles. The van der Waals surface area contributed by atoms with Gasteiger partial charge in [0, 0.05) is 23.8 Å². The Morgan fingerprint density at radius 2 is 1.79 bits per heavy atom. The number of ether oxygens (including phenoxy) is 1. The molecule has 28 heavy (non-hydrogen) atoms. The van der Waals surface area contributed by atoms with E-state index in [1.54, 1.807) is 6.07 Å². The number of fused-ring (bicyclic) bond motifs is 1. The lowest BCUT2D eigenvalue weighted by Gasteiger charge is -2.18. The van der Waals surface area contributed by atoms with Gasteiger partial charge < -0.3 is 9.64 Å². The van der Waals surface area contributed by atoms with Crippen LogP contribution in [0.2, 0.25) is 5.02 Å². The number of halogens is 1. The number of anilines is 2. The van der Waals surface area contributed by atoms with Crippen LogP contribution in [0.4, 0.5) is 11.6 Å². The third-order valence-electron chi connectivity index (χ3n) is 4.64. The SMILES string of the molecule is CCOc1ccc(N2CCn3c2nn(Cc2ccccc2Cl)c(=O)c3=O)cc1. The van der Waals surface area contributed by atoms with Crippen LogP contribution in [0.5, 0.6) is 5.75 Å². The van der Waals surface area contributed by atoms with Gasteiger partial charge in [0.25, 0.3) is 0 Å². The van der Waals surface area contributed by atoms with Crippen LogP contribution in [0.3, 0.4) is 0 Å². The summed E-state index contributed by atoms with van der Waals surface area (Å²) in [6.07, 6.45) is 0. The standard InChI is InChI=1S/C20H19ClN4O3/c1-2-28-16-9-7-15(8-10-16)23-11-12-24-18(26)19(27)25(22-20(23)24)13-14-5-3-4-6-17(14)21/h3-10H,2,11-13H2,1H3. The fourth-order valence-electron chi connectivity index (χ4n) is 3.25. The minimum absolute atomic E-state index is 0.138. The molecule has 2 heterocycles. The first-order valence-electron chi connectivity index (χ1n) is 9.04. The molecule has 0 fully saturated rings. The van der Waals surface area contributed by atoms with Crippen molar-refractivity contribution in [3.8, 4) is 5.75 Å². The molecule has 0 amide bonds. The van der Waals surface area contributed by atoms with Gasteiger partial charge in [0.2, 0.25) is 5.95 Å². The number of rotatable bonds is 5. The van der Waals surface area contributed by atoms with E-state index < -0.39 is 11.1 Å². The summed E-state index contributed by atoms with van der Waals surface area (Å²) in [5.41, 5.74) is 0.376. The third-order valence-corrected chi connectivity index (χ3v) is 5.01. The predicted octanol–water partition coefficient (Wildman–Crippen LogP) is 2.66. The average Bonchev–Trinajstić information content (AvgIpc) is 3.12. The highest BCUT2D eigenvalue weighted by Gasteiger charge is 2.26. The fourth-order valence-corrected chi connectivity index (χ4v) is 3.45. The first-order chi connectivity index (χ1) is 13.6. The van der Waals surface area contributed by atoms with E-state index in [0.29, 0.717) is 30.7 Å². The number of hydrogen-bond acceptors (Lipinski definition) is 5. The van der Waals surface area contributed by atoms with Gasteiger partial charge in [-0.25, -0.2) is 4.68 Å². The Labute approximate surface area is 166 Å². The quantitative estimate of drug-likeness (QED) is 0.618. The van der Waals surface area contributed by atoms with E-state index >= 15 is 0 Å². The number of benzene rings is 2. The molecule has 0 aliphatic carbocycles. The summed E-state index contributed by atoms with van der Waals surface area (Å²) in [7, 11) is 0. The summed E-state index contributed by atoms with van der Waals surface area (Å²) < 4.78 is 8.08. The Morgan fingerprint density at radius 3 is 2.50 bits per heavy atom. The summed E-state index contributed by atoms with van der Waals surface area (Å²) in [5.74, 6) is 1.22. The van der Waals surface area contributed by atoms with E-state index in [1.807, 2.05) is 54.3 Å². The summed E-state index contributed by atoms with van der Waals surface area (Å²) >= 11 is 6.20. The molecule has 1 aliphatic heterocycles. The van der Waals surface area contributed by atoms with Crippen LogP contribution < -0.4 is 20.8 Å². The topological polar surface area (TPSA) is 69.4 Å². The zero-order valence-electron chi connectivity index (χ0n) is 15.3. The van der Waals surface area contributed by atoms with E-state index in [-0.39, 0.29) is 6.54 Å². The maximum Gasteiger partial charge on any atom is 0.333 e. The van der Waals surface area contributed by atoms with E-state index in [2.05, 4.69) is 5.10 Å². The Bertz CT molecular complexity index is 1120. The number of aromatic nitrogens is 3. The lowest BCUT2D eigenvalue weighted by molar-refractivity contribution is 0.340. The maximum absolute atomic E-state index is 12.6. The molecule has 0 spiro atoms. The fraction of sp³-hybridized carbons (Fsp3) is 0.250. The van der Waals surface area contributed by atoms with Gasteiger partial charge in [0.1, 0.15) is 5.75 Å². The molecule has 0 atom stereocenters. The van der Waals surface area contributed by atoms with E-state index in [4.69, 9.17) is 16.3 Å². The molecule has 0 saturated heterocycles. The Hall–Kier alpha value is -3.06. The van der Waals surface area contributed by atoms with Crippen molar-refractivity contribution in [1.82, 2.24) is 14.3 Å². The summed E-state index contributed by atoms with van der Waals surface area (Å²) in [6, 6.07) is 14.8. The number of nitrogens with zero attached hydrogens (tertiary/aromatic N) is 4. The predicted molar refractivity (Wildman–Crippen MR) is 108 cm³/mol. The molecule has 0 radical (unpaired) electrons. The van der Waals surface area contributed by atoms with Gasteiger partial charge in [-0.3, -0.25) is 14.2 Å². The molecule has 1 aliphatic rings. The highest BCUT2D eigenvalue weighted by atomic mass is 35.5. The van der Waals surface area contributed by atoms with Crippen LogP contribution in [0.1, 0.15) is 12.5 Å². The summed E-state index contributed by atoms with van der Waals surface area (Å²) in [4.78, 5) is 27.0. The van der Waals surface area contributed by atoms with Gasteiger partial charge in [-0.15, -0.1) is 5.10 Å². The second-order valence-corrected chi connectivity index (χ2v) is 6.80. The van der Waals surface area contributed by atoms with Crippen LogP contribution in [-0.4, -0.2) is 27.5 Å². The second kappa shape index (κ2) is 7.52. The monoisotopic (exact) mass is 398 g/mol. The molecular formula is C20H19ClN4O3. The van der Waals surface area contributed by atoms with Crippen molar-refractivity contribution in [2.75, 3.05) is 18.1 Å². The first-order valence-corrected chi connectivity index (χ1v) is 9.42. The van der Waals surface area contributed by atoms with Gasteiger partial charge in [0.05, 0.1) is 13.2 Å². The zero-order valence-corrected chi connectivity index (χ0v) is 16.1. The van der Waals surface area contributed by atoms with Gasteiger partial charge in [-0.1, -0.05) is 29.8 Å². The van der Waals surface area contributed by atoms with E-state index in [0.717, 1.165) is 17.0 Å². The van der Waals surface area contributed by atoms with Gasteiger partial charge in [-0.05, 0) is 42.8 Å². The van der Waals surface area contributed by atoms with Crippen molar-refractivity contribution in [1.29, 1.82) is 0 Å². The Kier molecular flexibility index (Phi) is 4.92. The van der Waals surface area contributed by atoms with E-state index in [1.165, 1.54) is 9.25 Å². The van der Waals surface area contributed by atoms with Crippen molar-refractivity contribution in [2.24, 2.45) is 0 Å². The van der Waals surface area contributed by atoms with E-state index in [9.17, 15) is 9.59 Å². The summed E-state index contributed by atoms with van der Waals surface area (Å²) in [6.45, 7) is 3.64. The second-order valence-electron chi connectivity index (χ2n) is 6.39. The molecule has 1 aromatic heterocycles. The highest BCUT2D eigenvalue weighted by Crippen LogP contribution is 2.28.